The molecular weight excluding hydrogens is 379 g/mol. The Morgan fingerprint density at radius 3 is 2.83 bits per heavy atom. The van der Waals surface area contributed by atoms with Crippen LogP contribution in [0.3, 0.4) is 0 Å². The molecule has 122 valence electrons. The minimum atomic E-state index is -0.230. The van der Waals surface area contributed by atoms with E-state index in [1.54, 1.807) is 16.8 Å². The first-order valence-electron chi connectivity index (χ1n) is 7.65. The first-order chi connectivity index (χ1) is 11.1. The third-order valence-electron chi connectivity index (χ3n) is 3.93. The van der Waals surface area contributed by atoms with E-state index in [1.807, 2.05) is 12.3 Å². The van der Waals surface area contributed by atoms with Crippen molar-refractivity contribution in [3.8, 4) is 0 Å². The van der Waals surface area contributed by atoms with Crippen molar-refractivity contribution in [1.82, 2.24) is 15.1 Å². The molecular formula is C16H18BrFN4S. The largest absolute Gasteiger partial charge is 0.360 e. The van der Waals surface area contributed by atoms with Gasteiger partial charge in [0.2, 0.25) is 0 Å². The molecule has 0 amide bonds. The molecule has 1 aromatic carbocycles. The van der Waals surface area contributed by atoms with Gasteiger partial charge in [0.25, 0.3) is 0 Å². The van der Waals surface area contributed by atoms with Gasteiger partial charge >= 0.3 is 0 Å². The Kier molecular flexibility index (Phi) is 5.27. The summed E-state index contributed by atoms with van der Waals surface area (Å²) in [5.41, 5.74) is 0.598. The Morgan fingerprint density at radius 1 is 1.35 bits per heavy atom. The lowest BCUT2D eigenvalue weighted by Crippen LogP contribution is -2.36. The van der Waals surface area contributed by atoms with Crippen LogP contribution in [0.4, 0.5) is 10.2 Å². The van der Waals surface area contributed by atoms with Crippen LogP contribution >= 0.6 is 28.1 Å². The molecule has 1 fully saturated rings. The van der Waals surface area contributed by atoms with Crippen molar-refractivity contribution >= 4 is 39.1 Å². The summed E-state index contributed by atoms with van der Waals surface area (Å²) >= 11 is 8.80. The van der Waals surface area contributed by atoms with Crippen LogP contribution in [0.1, 0.15) is 31.2 Å². The molecule has 0 atom stereocenters. The maximum absolute atomic E-state index is 13.7. The number of nitrogens with one attached hydrogen (secondary N) is 2. The van der Waals surface area contributed by atoms with Gasteiger partial charge in [-0.2, -0.15) is 5.10 Å². The summed E-state index contributed by atoms with van der Waals surface area (Å²) in [5.74, 6) is 0.406. The molecule has 0 aliphatic heterocycles. The van der Waals surface area contributed by atoms with E-state index in [-0.39, 0.29) is 5.82 Å². The third-order valence-corrected chi connectivity index (χ3v) is 4.73. The summed E-state index contributed by atoms with van der Waals surface area (Å²) in [5, 5.41) is 11.4. The molecule has 3 rings (SSSR count). The first-order valence-corrected chi connectivity index (χ1v) is 8.86. The molecule has 2 aromatic rings. The second-order valence-electron chi connectivity index (χ2n) is 5.69. The molecule has 7 heteroatoms. The predicted molar refractivity (Wildman–Crippen MR) is 97.0 cm³/mol. The van der Waals surface area contributed by atoms with Crippen molar-refractivity contribution in [3.05, 3.63) is 46.3 Å². The zero-order chi connectivity index (χ0) is 16.2. The third kappa shape index (κ3) is 4.29. The topological polar surface area (TPSA) is 41.9 Å². The number of hydrogen-bond donors (Lipinski definition) is 2. The van der Waals surface area contributed by atoms with Crippen molar-refractivity contribution < 1.29 is 4.39 Å². The molecule has 4 nitrogen and oxygen atoms in total. The Bertz CT molecular complexity index is 697. The number of aromatic nitrogens is 2. The van der Waals surface area contributed by atoms with Crippen molar-refractivity contribution in [3.63, 3.8) is 0 Å². The summed E-state index contributed by atoms with van der Waals surface area (Å²) in [6.45, 7) is 0.371. The SMILES string of the molecule is Fc1ccccc1Cn1cc(Br)c(NC(=S)NC2CCCC2)n1. The lowest BCUT2D eigenvalue weighted by Gasteiger charge is -2.14. The zero-order valence-corrected chi connectivity index (χ0v) is 15.0. The summed E-state index contributed by atoms with van der Waals surface area (Å²) < 4.78 is 16.2. The maximum atomic E-state index is 13.7. The van der Waals surface area contributed by atoms with Gasteiger partial charge in [-0.05, 0) is 47.1 Å². The molecule has 0 spiro atoms. The van der Waals surface area contributed by atoms with Gasteiger partial charge in [0, 0.05) is 17.8 Å². The van der Waals surface area contributed by atoms with E-state index >= 15 is 0 Å². The minimum Gasteiger partial charge on any atom is -0.360 e. The monoisotopic (exact) mass is 396 g/mol. The molecule has 1 aromatic heterocycles. The molecule has 2 N–H and O–H groups in total. The van der Waals surface area contributed by atoms with Crippen LogP contribution in [0.25, 0.3) is 0 Å². The van der Waals surface area contributed by atoms with Gasteiger partial charge in [0.05, 0.1) is 11.0 Å². The molecule has 0 unspecified atom stereocenters. The van der Waals surface area contributed by atoms with E-state index in [2.05, 4.69) is 31.7 Å². The molecule has 0 bridgehead atoms. The molecule has 1 aliphatic rings. The van der Waals surface area contributed by atoms with Gasteiger partial charge < -0.3 is 10.6 Å². The minimum absolute atomic E-state index is 0.230. The standard InChI is InChI=1S/C16H18BrFN4S/c17-13-10-22(9-11-5-1-4-8-14(11)18)21-15(13)20-16(23)19-12-6-2-3-7-12/h1,4-5,8,10,12H,2-3,6-7,9H2,(H2,19,20,21,23). The smallest absolute Gasteiger partial charge is 0.172 e. The average Bonchev–Trinajstić information content (AvgIpc) is 3.12. The Morgan fingerprint density at radius 2 is 2.09 bits per heavy atom. The van der Waals surface area contributed by atoms with Crippen LogP contribution in [-0.4, -0.2) is 20.9 Å². The van der Waals surface area contributed by atoms with E-state index in [4.69, 9.17) is 12.2 Å². The van der Waals surface area contributed by atoms with E-state index in [0.29, 0.717) is 29.1 Å². The molecule has 0 saturated heterocycles. The highest BCUT2D eigenvalue weighted by atomic mass is 79.9. The highest BCUT2D eigenvalue weighted by Gasteiger charge is 2.16. The van der Waals surface area contributed by atoms with Crippen LogP contribution in [0, 0.1) is 5.82 Å². The second kappa shape index (κ2) is 7.40. The molecule has 1 saturated carbocycles. The highest BCUT2D eigenvalue weighted by Crippen LogP contribution is 2.22. The second-order valence-corrected chi connectivity index (χ2v) is 6.96. The van der Waals surface area contributed by atoms with Gasteiger partial charge in [-0.3, -0.25) is 4.68 Å². The van der Waals surface area contributed by atoms with Crippen molar-refractivity contribution in [1.29, 1.82) is 0 Å². The summed E-state index contributed by atoms with van der Waals surface area (Å²) in [6.07, 6.45) is 6.63. The van der Waals surface area contributed by atoms with Gasteiger partial charge in [-0.25, -0.2) is 4.39 Å². The van der Waals surface area contributed by atoms with Crippen molar-refractivity contribution in [2.45, 2.75) is 38.3 Å². The number of thiocarbonyl (C=S) groups is 1. The van der Waals surface area contributed by atoms with E-state index in [0.717, 1.165) is 17.3 Å². The van der Waals surface area contributed by atoms with E-state index in [1.165, 1.54) is 18.9 Å². The van der Waals surface area contributed by atoms with Crippen LogP contribution < -0.4 is 10.6 Å². The number of halogens is 2. The maximum Gasteiger partial charge on any atom is 0.172 e. The van der Waals surface area contributed by atoms with Gasteiger partial charge in [-0.1, -0.05) is 31.0 Å². The number of rotatable bonds is 4. The Labute approximate surface area is 148 Å². The van der Waals surface area contributed by atoms with Crippen LogP contribution in [0.15, 0.2) is 34.9 Å². The lowest BCUT2D eigenvalue weighted by molar-refractivity contribution is 0.585. The first kappa shape index (κ1) is 16.4. The van der Waals surface area contributed by atoms with Crippen molar-refractivity contribution in [2.24, 2.45) is 0 Å². The fourth-order valence-electron chi connectivity index (χ4n) is 2.76. The van der Waals surface area contributed by atoms with Gasteiger partial charge in [0.15, 0.2) is 10.9 Å². The number of anilines is 1. The van der Waals surface area contributed by atoms with Gasteiger partial charge in [-0.15, -0.1) is 0 Å². The van der Waals surface area contributed by atoms with Crippen LogP contribution in [0.5, 0.6) is 0 Å². The van der Waals surface area contributed by atoms with Crippen LogP contribution in [0.2, 0.25) is 0 Å². The summed E-state index contributed by atoms with van der Waals surface area (Å²) in [6, 6.07) is 7.15. The normalized spacial score (nSPS) is 14.9. The van der Waals surface area contributed by atoms with Crippen LogP contribution in [-0.2, 0) is 6.54 Å². The highest BCUT2D eigenvalue weighted by molar-refractivity contribution is 9.10. The van der Waals surface area contributed by atoms with E-state index < -0.39 is 0 Å². The quantitative estimate of drug-likeness (QED) is 0.764. The molecule has 1 aliphatic carbocycles. The number of nitrogens with zero attached hydrogens (tertiary/aromatic N) is 2. The lowest BCUT2D eigenvalue weighted by atomic mass is 10.2. The average molecular weight is 397 g/mol. The number of hydrogen-bond acceptors (Lipinski definition) is 2. The Balaban J connectivity index is 1.63. The molecule has 0 radical (unpaired) electrons. The zero-order valence-electron chi connectivity index (χ0n) is 12.6. The fourth-order valence-corrected chi connectivity index (χ4v) is 3.44. The number of benzene rings is 1. The summed E-state index contributed by atoms with van der Waals surface area (Å²) in [4.78, 5) is 0. The van der Waals surface area contributed by atoms with Gasteiger partial charge in [0.1, 0.15) is 5.82 Å². The predicted octanol–water partition coefficient (Wildman–Crippen LogP) is 4.06. The molecule has 1 heterocycles. The fraction of sp³-hybridized carbons (Fsp3) is 0.375. The Hall–Kier alpha value is -1.47. The van der Waals surface area contributed by atoms with Crippen molar-refractivity contribution in [2.75, 3.05) is 5.32 Å². The summed E-state index contributed by atoms with van der Waals surface area (Å²) in [7, 11) is 0. The molecule has 23 heavy (non-hydrogen) atoms. The van der Waals surface area contributed by atoms with E-state index in [9.17, 15) is 4.39 Å².